The van der Waals surface area contributed by atoms with Crippen molar-refractivity contribution in [2.45, 2.75) is 13.3 Å². The molecule has 4 rings (SSSR count). The van der Waals surface area contributed by atoms with Crippen molar-refractivity contribution >= 4 is 49.0 Å². The van der Waals surface area contributed by atoms with E-state index < -0.39 is 0 Å². The van der Waals surface area contributed by atoms with Gasteiger partial charge in [0.15, 0.2) is 0 Å². The normalized spacial score (nSPS) is 13.5. The summed E-state index contributed by atoms with van der Waals surface area (Å²) in [5.74, 6) is 0. The third-order valence-corrected chi connectivity index (χ3v) is 5.81. The van der Waals surface area contributed by atoms with Crippen LogP contribution in [0.4, 0.5) is 0 Å². The molecule has 0 amide bonds. The summed E-state index contributed by atoms with van der Waals surface area (Å²) in [7, 11) is 0. The van der Waals surface area contributed by atoms with Gasteiger partial charge in [-0.15, -0.1) is 36.9 Å². The maximum Gasteiger partial charge on any atom is 0.0829 e. The molecule has 169 valence electrons. The molecule has 0 bridgehead atoms. The molecule has 2 aromatic carbocycles. The van der Waals surface area contributed by atoms with E-state index in [-0.39, 0.29) is 38.0 Å². The second-order valence-electron chi connectivity index (χ2n) is 6.92. The minimum absolute atomic E-state index is 0. The number of hydrogen-bond donors (Lipinski definition) is 0. The third-order valence-electron chi connectivity index (χ3n) is 4.61. The SMILES string of the molecule is C=CC[CH-]C(=C)c1ccc(C)cn1.[2H]C=C([2H])C([2H])=NC(=C[2H])c1[c-]ccc2c1sc1ccccc12.[Ir]. The van der Waals surface area contributed by atoms with Crippen LogP contribution in [-0.4, -0.2) is 11.2 Å². The summed E-state index contributed by atoms with van der Waals surface area (Å²) in [6.07, 6.45) is 6.21. The molecule has 0 atom stereocenters. The van der Waals surface area contributed by atoms with Crippen LogP contribution in [0.1, 0.15) is 28.7 Å². The van der Waals surface area contributed by atoms with Crippen LogP contribution in [0.3, 0.4) is 0 Å². The number of nitrogens with zero attached hydrogens (tertiary/aromatic N) is 2. The number of pyridine rings is 1. The molecule has 2 nitrogen and oxygen atoms in total. The van der Waals surface area contributed by atoms with E-state index in [0.717, 1.165) is 51.0 Å². The van der Waals surface area contributed by atoms with E-state index in [0.29, 0.717) is 5.56 Å². The van der Waals surface area contributed by atoms with Gasteiger partial charge in [0.1, 0.15) is 0 Å². The summed E-state index contributed by atoms with van der Waals surface area (Å²) in [5.41, 5.74) is 3.97. The topological polar surface area (TPSA) is 25.2 Å². The fraction of sp³-hybridized carbons (Fsp3) is 0.0690. The molecule has 0 N–H and O–H groups in total. The molecule has 0 aliphatic rings. The number of hydrogen-bond acceptors (Lipinski definition) is 3. The average Bonchev–Trinajstić information content (AvgIpc) is 3.29. The molecule has 0 saturated heterocycles. The summed E-state index contributed by atoms with van der Waals surface area (Å²) in [6.45, 7) is 11.4. The van der Waals surface area contributed by atoms with Crippen LogP contribution in [0.15, 0.2) is 98.1 Å². The van der Waals surface area contributed by atoms with Gasteiger partial charge in [0.05, 0.1) is 4.11 Å². The first-order valence-corrected chi connectivity index (χ1v) is 10.8. The zero-order valence-corrected chi connectivity index (χ0v) is 21.5. The molecule has 2 heterocycles. The summed E-state index contributed by atoms with van der Waals surface area (Å²) < 4.78 is 31.9. The Hall–Kier alpha value is -3.04. The van der Waals surface area contributed by atoms with Crippen molar-refractivity contribution in [2.75, 3.05) is 0 Å². The third kappa shape index (κ3) is 6.72. The second kappa shape index (κ2) is 12.9. The first kappa shape index (κ1) is 20.6. The van der Waals surface area contributed by atoms with Crippen LogP contribution in [0.2, 0.25) is 0 Å². The number of fused-ring (bicyclic) bond motifs is 3. The van der Waals surface area contributed by atoms with E-state index >= 15 is 0 Å². The molecular weight excluding hydrogens is 601 g/mol. The van der Waals surface area contributed by atoms with Crippen LogP contribution >= 0.6 is 11.3 Å². The maximum absolute atomic E-state index is 7.72. The van der Waals surface area contributed by atoms with Crippen LogP contribution in [-0.2, 0) is 20.1 Å². The molecule has 0 unspecified atom stereocenters. The Morgan fingerprint density at radius 1 is 1.27 bits per heavy atom. The van der Waals surface area contributed by atoms with E-state index in [1.54, 1.807) is 17.4 Å². The van der Waals surface area contributed by atoms with E-state index in [1.807, 2.05) is 68.1 Å². The Morgan fingerprint density at radius 3 is 2.85 bits per heavy atom. The van der Waals surface area contributed by atoms with Gasteiger partial charge in [0.25, 0.3) is 0 Å². The van der Waals surface area contributed by atoms with Gasteiger partial charge >= 0.3 is 0 Å². The van der Waals surface area contributed by atoms with Gasteiger partial charge in [0, 0.05) is 38.6 Å². The van der Waals surface area contributed by atoms with E-state index in [2.05, 4.69) is 29.2 Å². The number of aromatic nitrogens is 1. The first-order chi connectivity index (χ1) is 17.4. The maximum atomic E-state index is 7.72. The number of aliphatic imine (C=N–C) groups is 1. The summed E-state index contributed by atoms with van der Waals surface area (Å²) in [5, 5.41) is 2.19. The van der Waals surface area contributed by atoms with Crippen LogP contribution in [0.25, 0.3) is 31.4 Å². The van der Waals surface area contributed by atoms with Crippen molar-refractivity contribution in [1.29, 1.82) is 0 Å². The van der Waals surface area contributed by atoms with E-state index in [9.17, 15) is 0 Å². The van der Waals surface area contributed by atoms with Crippen molar-refractivity contribution in [1.82, 2.24) is 4.98 Å². The van der Waals surface area contributed by atoms with Gasteiger partial charge in [-0.2, -0.15) is 29.9 Å². The predicted molar refractivity (Wildman–Crippen MR) is 143 cm³/mol. The van der Waals surface area contributed by atoms with Crippen molar-refractivity contribution in [2.24, 2.45) is 4.99 Å². The first-order valence-electron chi connectivity index (χ1n) is 12.1. The Kier molecular flexibility index (Phi) is 8.01. The number of allylic oxidation sites excluding steroid dienone is 3. The van der Waals surface area contributed by atoms with Crippen molar-refractivity contribution in [3.63, 3.8) is 0 Å². The zero-order valence-electron chi connectivity index (χ0n) is 22.3. The van der Waals surface area contributed by atoms with Gasteiger partial charge in [0.2, 0.25) is 0 Å². The Labute approximate surface area is 219 Å². The summed E-state index contributed by atoms with van der Waals surface area (Å²) in [6, 6.07) is 18.6. The largest absolute Gasteiger partial charge is 0.320 e. The molecule has 2 aromatic heterocycles. The van der Waals surface area contributed by atoms with Crippen LogP contribution in [0, 0.1) is 19.4 Å². The zero-order chi connectivity index (χ0) is 26.1. The standard InChI is InChI=1S/C17H12NS.C12H14N.Ir/c1-3-11-18-12(2)13-8-6-9-15-14-7-4-5-10-16(14)19-17(13)15;1-4-5-6-11(3)12-8-7-10(2)9-13-12;/h3-7,9-11H,1-2H2;4,6-9H,1,3,5H2,2H3;/q2*-1;/i1D,2D,3D,11D;;. The Bertz CT molecular complexity index is 1470. The molecule has 0 aliphatic carbocycles. The molecule has 0 saturated carbocycles. The van der Waals surface area contributed by atoms with Gasteiger partial charge in [-0.1, -0.05) is 60.8 Å². The van der Waals surface area contributed by atoms with Gasteiger partial charge < -0.3 is 9.98 Å². The van der Waals surface area contributed by atoms with Gasteiger partial charge in [-0.05, 0) is 40.0 Å². The molecule has 4 aromatic rings. The Morgan fingerprint density at radius 2 is 2.12 bits per heavy atom. The fourth-order valence-corrected chi connectivity index (χ4v) is 4.23. The number of benzene rings is 2. The Balaban J connectivity index is 0.000000295. The molecule has 33 heavy (non-hydrogen) atoms. The van der Waals surface area contributed by atoms with Crippen molar-refractivity contribution in [3.05, 3.63) is 122 Å². The summed E-state index contributed by atoms with van der Waals surface area (Å²) >= 11 is 1.59. The van der Waals surface area contributed by atoms with Gasteiger partial charge in [-0.3, -0.25) is 0 Å². The summed E-state index contributed by atoms with van der Waals surface area (Å²) in [4.78, 5) is 8.28. The monoisotopic (exact) mass is 631 g/mol. The molecule has 0 aliphatic heterocycles. The predicted octanol–water partition coefficient (Wildman–Crippen LogP) is 8.26. The quantitative estimate of drug-likeness (QED) is 0.115. The van der Waals surface area contributed by atoms with Crippen molar-refractivity contribution < 1.29 is 25.6 Å². The fourth-order valence-electron chi connectivity index (χ4n) is 3.02. The van der Waals surface area contributed by atoms with Gasteiger partial charge in [-0.25, -0.2) is 0 Å². The number of rotatable bonds is 7. The molecule has 1 radical (unpaired) electrons. The minimum Gasteiger partial charge on any atom is -0.320 e. The van der Waals surface area contributed by atoms with Crippen LogP contribution in [0.5, 0.6) is 0 Å². The van der Waals surface area contributed by atoms with E-state index in [1.165, 1.54) is 5.56 Å². The van der Waals surface area contributed by atoms with Crippen LogP contribution < -0.4 is 0 Å². The average molecular weight is 631 g/mol. The molecule has 0 spiro atoms. The van der Waals surface area contributed by atoms with Crippen molar-refractivity contribution in [3.8, 4) is 0 Å². The molecule has 4 heteroatoms. The smallest absolute Gasteiger partial charge is 0.0829 e. The second-order valence-corrected chi connectivity index (χ2v) is 7.97. The number of aryl methyl sites for hydroxylation is 1. The number of thiophene rings is 1. The minimum atomic E-state index is -0.343. The molecule has 0 fully saturated rings. The van der Waals surface area contributed by atoms with E-state index in [4.69, 9.17) is 5.48 Å². The molecular formula is C29H26IrN2S-2.